The van der Waals surface area contributed by atoms with E-state index in [1.54, 1.807) is 0 Å². The minimum absolute atomic E-state index is 0. The molecule has 0 aliphatic carbocycles. The second-order valence-electron chi connectivity index (χ2n) is 4.73. The molecule has 0 saturated carbocycles. The number of carbonyl (C=O) groups is 1. The van der Waals surface area contributed by atoms with Crippen LogP contribution in [0.15, 0.2) is 0 Å². The first kappa shape index (κ1) is 11.8. The van der Waals surface area contributed by atoms with E-state index in [0.717, 1.165) is 40.0 Å². The summed E-state index contributed by atoms with van der Waals surface area (Å²) in [5, 5.41) is 10.7. The maximum absolute atomic E-state index is 10.7. The van der Waals surface area contributed by atoms with Gasteiger partial charge >= 0.3 is 29.6 Å². The molecule has 4 rings (SSSR count). The van der Waals surface area contributed by atoms with E-state index in [-0.39, 0.29) is 36.1 Å². The average Bonchev–Trinajstić information content (AvgIpc) is 1.96. The van der Waals surface area contributed by atoms with Crippen molar-refractivity contribution < 1.29 is 43.9 Å². The summed E-state index contributed by atoms with van der Waals surface area (Å²) >= 11 is 0. The van der Waals surface area contributed by atoms with Crippen LogP contribution in [0.3, 0.4) is 0 Å². The molecule has 4 bridgehead atoms. The van der Waals surface area contributed by atoms with Gasteiger partial charge in [0.25, 0.3) is 0 Å². The van der Waals surface area contributed by atoms with E-state index in [9.17, 15) is 9.90 Å². The minimum Gasteiger partial charge on any atom is -0.544 e. The summed E-state index contributed by atoms with van der Waals surface area (Å²) in [4.78, 5) is 17.6. The van der Waals surface area contributed by atoms with Gasteiger partial charge in [-0.05, 0) is 0 Å². The second-order valence-corrected chi connectivity index (χ2v) is 4.73. The number of hydrogen-bond acceptors (Lipinski definition) is 5. The molecular weight excluding hydrogens is 207 g/mol. The van der Waals surface area contributed by atoms with Gasteiger partial charge in [-0.3, -0.25) is 4.48 Å². The number of quaternary nitrogens is 1. The van der Waals surface area contributed by atoms with E-state index in [4.69, 9.17) is 0 Å². The molecule has 4 aliphatic rings. The topological polar surface area (TPSA) is 49.9 Å². The van der Waals surface area contributed by atoms with E-state index < -0.39 is 5.97 Å². The van der Waals surface area contributed by atoms with Gasteiger partial charge in [0, 0.05) is 0 Å². The minimum atomic E-state index is -0.935. The third-order valence-electron chi connectivity index (χ3n) is 3.16. The van der Waals surface area contributed by atoms with Crippen LogP contribution in [0.5, 0.6) is 0 Å². The second kappa shape index (κ2) is 3.96. The van der Waals surface area contributed by atoms with Crippen LogP contribution in [0.4, 0.5) is 0 Å². The van der Waals surface area contributed by atoms with Gasteiger partial charge in [0.1, 0.15) is 26.6 Å². The molecule has 4 aliphatic heterocycles. The number of nitrogens with zero attached hydrogens (tertiary/aromatic N) is 4. The predicted octanol–water partition coefficient (Wildman–Crippen LogP) is -5.75. The number of aliphatic carboxylic acids is 1. The number of carboxylic acids is 1. The Labute approximate surface area is 111 Å². The van der Waals surface area contributed by atoms with Gasteiger partial charge < -0.3 is 9.90 Å². The van der Waals surface area contributed by atoms with Crippen LogP contribution in [0.25, 0.3) is 0 Å². The largest absolute Gasteiger partial charge is 1.00 e. The van der Waals surface area contributed by atoms with E-state index in [2.05, 4.69) is 14.7 Å². The molecule has 15 heavy (non-hydrogen) atoms. The third kappa shape index (κ3) is 2.08. The molecule has 0 atom stereocenters. The summed E-state index contributed by atoms with van der Waals surface area (Å²) in [6.07, 6.45) is 0. The van der Waals surface area contributed by atoms with E-state index in [1.807, 2.05) is 0 Å². The van der Waals surface area contributed by atoms with Gasteiger partial charge in [0.05, 0.1) is 26.0 Å². The summed E-state index contributed by atoms with van der Waals surface area (Å²) < 4.78 is 0.627. The fourth-order valence-electron chi connectivity index (χ4n) is 3.08. The molecule has 78 valence electrons. The monoisotopic (exact) mass is 221 g/mol. The predicted molar refractivity (Wildman–Crippen MR) is 44.9 cm³/mol. The van der Waals surface area contributed by atoms with Crippen molar-refractivity contribution in [2.45, 2.75) is 0 Å². The van der Waals surface area contributed by atoms with Crippen molar-refractivity contribution in [1.82, 2.24) is 14.7 Å². The van der Waals surface area contributed by atoms with Crippen LogP contribution in [-0.2, 0) is 4.79 Å². The Bertz CT molecular complexity index is 251. The molecule has 4 fully saturated rings. The van der Waals surface area contributed by atoms with Crippen molar-refractivity contribution in [2.24, 2.45) is 0 Å². The zero-order chi connectivity index (χ0) is 9.76. The molecule has 0 aromatic heterocycles. The van der Waals surface area contributed by atoms with Crippen molar-refractivity contribution in [3.05, 3.63) is 0 Å². The molecule has 0 radical (unpaired) electrons. The first-order valence-corrected chi connectivity index (χ1v) is 4.87. The van der Waals surface area contributed by atoms with E-state index in [0.29, 0.717) is 4.48 Å². The molecule has 0 amide bonds. The third-order valence-corrected chi connectivity index (χ3v) is 3.16. The summed E-state index contributed by atoms with van der Waals surface area (Å²) in [6.45, 7) is 5.70. The van der Waals surface area contributed by atoms with Gasteiger partial charge in [-0.15, -0.1) is 0 Å². The Kier molecular flexibility index (Phi) is 3.11. The van der Waals surface area contributed by atoms with Gasteiger partial charge in [0.2, 0.25) is 0 Å². The Morgan fingerprint density at radius 1 is 1.07 bits per heavy atom. The molecule has 4 heterocycles. The molecule has 0 aromatic carbocycles. The standard InChI is InChI=1S/C8H14N4O2.Na/c13-8(14)1-12-5-9-2-10(6-12)4-11(3-9)7-12;/h1-7H2;/q;+1. The summed E-state index contributed by atoms with van der Waals surface area (Å²) in [5.41, 5.74) is 0. The molecule has 6 nitrogen and oxygen atoms in total. The zero-order valence-electron chi connectivity index (χ0n) is 9.06. The molecular formula is C8H14N4NaO2+. The van der Waals surface area contributed by atoms with Crippen LogP contribution in [0, 0.1) is 0 Å². The summed E-state index contributed by atoms with van der Waals surface area (Å²) in [7, 11) is 0. The van der Waals surface area contributed by atoms with Crippen molar-refractivity contribution in [3.63, 3.8) is 0 Å². The van der Waals surface area contributed by atoms with Gasteiger partial charge in [-0.1, -0.05) is 0 Å². The molecule has 0 unspecified atom stereocenters. The van der Waals surface area contributed by atoms with Gasteiger partial charge in [-0.25, -0.2) is 14.7 Å². The summed E-state index contributed by atoms with van der Waals surface area (Å²) in [5.74, 6) is -0.935. The quantitative estimate of drug-likeness (QED) is 0.343. The number of rotatable bonds is 2. The molecule has 0 N–H and O–H groups in total. The number of carboxylic acid groups (broad SMARTS) is 1. The summed E-state index contributed by atoms with van der Waals surface area (Å²) in [6, 6.07) is 0. The first-order chi connectivity index (χ1) is 6.65. The molecule has 4 saturated heterocycles. The average molecular weight is 221 g/mol. The smallest absolute Gasteiger partial charge is 0.544 e. The van der Waals surface area contributed by atoms with Crippen LogP contribution in [0.2, 0.25) is 0 Å². The maximum atomic E-state index is 10.7. The van der Waals surface area contributed by atoms with Gasteiger partial charge in [-0.2, -0.15) is 0 Å². The van der Waals surface area contributed by atoms with Crippen LogP contribution in [0.1, 0.15) is 0 Å². The molecule has 0 spiro atoms. The number of carbonyl (C=O) groups excluding carboxylic acids is 1. The van der Waals surface area contributed by atoms with Crippen molar-refractivity contribution in [1.29, 1.82) is 0 Å². The fraction of sp³-hybridized carbons (Fsp3) is 0.875. The SMILES string of the molecule is O=C([O-])C[N+]12CN3CN(CN(C3)C1)C2.[Na+]. The Morgan fingerprint density at radius 2 is 1.47 bits per heavy atom. The zero-order valence-corrected chi connectivity index (χ0v) is 11.1. The Hall–Kier alpha value is 0.310. The Balaban J connectivity index is 0.000000853. The van der Waals surface area contributed by atoms with Crippen molar-refractivity contribution in [2.75, 3.05) is 46.6 Å². The van der Waals surface area contributed by atoms with Crippen molar-refractivity contribution in [3.8, 4) is 0 Å². The Morgan fingerprint density at radius 3 is 1.80 bits per heavy atom. The normalized spacial score (nSPS) is 46.3. The molecule has 7 heteroatoms. The maximum Gasteiger partial charge on any atom is 1.00 e. The van der Waals surface area contributed by atoms with Crippen LogP contribution in [-0.4, -0.2) is 71.7 Å². The number of hydrogen-bond donors (Lipinski definition) is 0. The first-order valence-electron chi connectivity index (χ1n) is 4.87. The van der Waals surface area contributed by atoms with E-state index >= 15 is 0 Å². The van der Waals surface area contributed by atoms with E-state index in [1.165, 1.54) is 0 Å². The molecule has 0 aromatic rings. The van der Waals surface area contributed by atoms with Crippen LogP contribution >= 0.6 is 0 Å². The van der Waals surface area contributed by atoms with Crippen molar-refractivity contribution >= 4 is 5.97 Å². The van der Waals surface area contributed by atoms with Gasteiger partial charge in [0.15, 0.2) is 0 Å². The fourth-order valence-corrected chi connectivity index (χ4v) is 3.08. The van der Waals surface area contributed by atoms with Crippen LogP contribution < -0.4 is 34.7 Å².